The van der Waals surface area contributed by atoms with Crippen molar-refractivity contribution in [1.82, 2.24) is 5.32 Å². The molecule has 19 heavy (non-hydrogen) atoms. The van der Waals surface area contributed by atoms with Crippen molar-refractivity contribution in [2.24, 2.45) is 0 Å². The summed E-state index contributed by atoms with van der Waals surface area (Å²) in [5.41, 5.74) is 2.41. The number of unbranched alkanes of at least 4 members (excludes halogenated alkanes) is 4. The van der Waals surface area contributed by atoms with Gasteiger partial charge < -0.3 is 5.32 Å². The fraction of sp³-hybridized carbons (Fsp3) is 0.562. The van der Waals surface area contributed by atoms with Crippen molar-refractivity contribution in [3.63, 3.8) is 0 Å². The van der Waals surface area contributed by atoms with Gasteiger partial charge in [0.25, 0.3) is 0 Å². The Morgan fingerprint density at radius 1 is 1.05 bits per heavy atom. The van der Waals surface area contributed by atoms with Gasteiger partial charge in [0.2, 0.25) is 5.91 Å². The number of carbonyl (C=O) groups is 1. The van der Waals surface area contributed by atoms with E-state index in [1.54, 1.807) is 0 Å². The van der Waals surface area contributed by atoms with Gasteiger partial charge in [-0.1, -0.05) is 72.8 Å². The third-order valence-corrected chi connectivity index (χ3v) is 3.82. The average molecular weight is 326 g/mol. The lowest BCUT2D eigenvalue weighted by atomic mass is 10.1. The standard InChI is InChI=1S/C16H24BrNO/c1-2-3-4-5-6-7-16(19)18-13-15-10-8-14(12-17)9-11-15/h8-11H,2-7,12-13H2,1H3,(H,18,19). The van der Waals surface area contributed by atoms with E-state index in [1.807, 2.05) is 0 Å². The van der Waals surface area contributed by atoms with Crippen LogP contribution in [0, 0.1) is 0 Å². The molecule has 0 saturated carbocycles. The summed E-state index contributed by atoms with van der Waals surface area (Å²) < 4.78 is 0. The Morgan fingerprint density at radius 3 is 2.32 bits per heavy atom. The smallest absolute Gasteiger partial charge is 0.220 e. The monoisotopic (exact) mass is 325 g/mol. The van der Waals surface area contributed by atoms with Crippen LogP contribution in [0.25, 0.3) is 0 Å². The van der Waals surface area contributed by atoms with E-state index in [9.17, 15) is 4.79 Å². The first-order valence-electron chi connectivity index (χ1n) is 7.16. The lowest BCUT2D eigenvalue weighted by molar-refractivity contribution is -0.121. The van der Waals surface area contributed by atoms with Crippen molar-refractivity contribution in [3.8, 4) is 0 Å². The molecule has 0 aliphatic carbocycles. The van der Waals surface area contributed by atoms with Gasteiger partial charge in [0, 0.05) is 18.3 Å². The summed E-state index contributed by atoms with van der Waals surface area (Å²) in [4.78, 5) is 11.7. The number of amides is 1. The van der Waals surface area contributed by atoms with Gasteiger partial charge in [0.1, 0.15) is 0 Å². The molecule has 1 N–H and O–H groups in total. The van der Waals surface area contributed by atoms with E-state index in [1.165, 1.54) is 31.2 Å². The fourth-order valence-corrected chi connectivity index (χ4v) is 2.30. The lowest BCUT2D eigenvalue weighted by Crippen LogP contribution is -2.22. The van der Waals surface area contributed by atoms with Crippen molar-refractivity contribution in [2.45, 2.75) is 57.3 Å². The Bertz CT molecular complexity index is 362. The molecule has 1 aromatic rings. The van der Waals surface area contributed by atoms with Crippen molar-refractivity contribution >= 4 is 21.8 Å². The maximum absolute atomic E-state index is 11.7. The number of rotatable bonds is 9. The molecule has 106 valence electrons. The molecule has 0 saturated heterocycles. The molecule has 0 spiro atoms. The number of nitrogens with one attached hydrogen (secondary N) is 1. The van der Waals surface area contributed by atoms with Gasteiger partial charge >= 0.3 is 0 Å². The Hall–Kier alpha value is -0.830. The van der Waals surface area contributed by atoms with Crippen LogP contribution in [-0.2, 0) is 16.7 Å². The van der Waals surface area contributed by atoms with Crippen LogP contribution in [-0.4, -0.2) is 5.91 Å². The van der Waals surface area contributed by atoms with Crippen LogP contribution in [0.2, 0.25) is 0 Å². The van der Waals surface area contributed by atoms with E-state index in [0.29, 0.717) is 13.0 Å². The zero-order valence-corrected chi connectivity index (χ0v) is 13.3. The molecule has 0 bridgehead atoms. The SMILES string of the molecule is CCCCCCCC(=O)NCc1ccc(CBr)cc1. The Kier molecular flexibility index (Phi) is 8.55. The number of halogens is 1. The number of alkyl halides is 1. The lowest BCUT2D eigenvalue weighted by Gasteiger charge is -2.06. The van der Waals surface area contributed by atoms with Crippen LogP contribution in [0.3, 0.4) is 0 Å². The first kappa shape index (κ1) is 16.2. The summed E-state index contributed by atoms with van der Waals surface area (Å²) in [6.45, 7) is 2.84. The van der Waals surface area contributed by atoms with Crippen LogP contribution in [0.4, 0.5) is 0 Å². The minimum Gasteiger partial charge on any atom is -0.352 e. The maximum atomic E-state index is 11.7. The molecule has 0 aliphatic heterocycles. The number of benzene rings is 1. The third kappa shape index (κ3) is 7.36. The Morgan fingerprint density at radius 2 is 1.68 bits per heavy atom. The molecule has 1 rings (SSSR count). The van der Waals surface area contributed by atoms with Crippen LogP contribution in [0.1, 0.15) is 56.6 Å². The molecular formula is C16H24BrNO. The van der Waals surface area contributed by atoms with E-state index in [2.05, 4.69) is 52.4 Å². The zero-order chi connectivity index (χ0) is 13.9. The normalized spacial score (nSPS) is 10.4. The van der Waals surface area contributed by atoms with Crippen molar-refractivity contribution < 1.29 is 4.79 Å². The topological polar surface area (TPSA) is 29.1 Å². The molecule has 0 fully saturated rings. The second kappa shape index (κ2) is 10.0. The molecule has 2 nitrogen and oxygen atoms in total. The van der Waals surface area contributed by atoms with E-state index >= 15 is 0 Å². The number of hydrogen-bond donors (Lipinski definition) is 1. The fourth-order valence-electron chi connectivity index (χ4n) is 1.92. The van der Waals surface area contributed by atoms with E-state index in [4.69, 9.17) is 0 Å². The van der Waals surface area contributed by atoms with Gasteiger partial charge in [0.05, 0.1) is 0 Å². The molecule has 1 aromatic carbocycles. The van der Waals surface area contributed by atoms with Gasteiger partial charge in [-0.05, 0) is 17.5 Å². The van der Waals surface area contributed by atoms with Crippen molar-refractivity contribution in [3.05, 3.63) is 35.4 Å². The minimum atomic E-state index is 0.168. The zero-order valence-electron chi connectivity index (χ0n) is 11.8. The minimum absolute atomic E-state index is 0.168. The van der Waals surface area contributed by atoms with Crippen LogP contribution < -0.4 is 5.32 Å². The highest BCUT2D eigenvalue weighted by molar-refractivity contribution is 9.08. The Labute approximate surface area is 125 Å². The van der Waals surface area contributed by atoms with Crippen molar-refractivity contribution in [2.75, 3.05) is 0 Å². The average Bonchev–Trinajstić information content (AvgIpc) is 2.45. The highest BCUT2D eigenvalue weighted by atomic mass is 79.9. The third-order valence-electron chi connectivity index (χ3n) is 3.17. The maximum Gasteiger partial charge on any atom is 0.220 e. The van der Waals surface area contributed by atoms with Crippen molar-refractivity contribution in [1.29, 1.82) is 0 Å². The number of hydrogen-bond acceptors (Lipinski definition) is 1. The molecule has 0 aromatic heterocycles. The largest absolute Gasteiger partial charge is 0.352 e. The number of carbonyl (C=O) groups excluding carboxylic acids is 1. The van der Waals surface area contributed by atoms with Gasteiger partial charge in [-0.2, -0.15) is 0 Å². The van der Waals surface area contributed by atoms with Gasteiger partial charge in [-0.25, -0.2) is 0 Å². The van der Waals surface area contributed by atoms with Gasteiger partial charge in [0.15, 0.2) is 0 Å². The van der Waals surface area contributed by atoms with Crippen LogP contribution in [0.15, 0.2) is 24.3 Å². The van der Waals surface area contributed by atoms with E-state index in [0.717, 1.165) is 17.3 Å². The molecule has 0 aliphatic rings. The summed E-state index contributed by atoms with van der Waals surface area (Å²) in [6.07, 6.45) is 6.61. The predicted molar refractivity (Wildman–Crippen MR) is 84.3 cm³/mol. The summed E-state index contributed by atoms with van der Waals surface area (Å²) >= 11 is 3.42. The van der Waals surface area contributed by atoms with E-state index in [-0.39, 0.29) is 5.91 Å². The second-order valence-electron chi connectivity index (χ2n) is 4.89. The first-order chi connectivity index (χ1) is 9.26. The van der Waals surface area contributed by atoms with Crippen LogP contribution >= 0.6 is 15.9 Å². The summed E-state index contributed by atoms with van der Waals surface area (Å²) in [5, 5.41) is 3.85. The second-order valence-corrected chi connectivity index (χ2v) is 5.45. The highest BCUT2D eigenvalue weighted by Gasteiger charge is 2.01. The highest BCUT2D eigenvalue weighted by Crippen LogP contribution is 2.08. The quantitative estimate of drug-likeness (QED) is 0.523. The molecule has 0 atom stereocenters. The first-order valence-corrected chi connectivity index (χ1v) is 8.29. The Balaban J connectivity index is 2.15. The summed E-state index contributed by atoms with van der Waals surface area (Å²) in [7, 11) is 0. The summed E-state index contributed by atoms with van der Waals surface area (Å²) in [5.74, 6) is 0.168. The summed E-state index contributed by atoms with van der Waals surface area (Å²) in [6, 6.07) is 8.30. The molecule has 3 heteroatoms. The molecule has 0 unspecified atom stereocenters. The molecule has 0 radical (unpaired) electrons. The molecule has 1 amide bonds. The molecular weight excluding hydrogens is 302 g/mol. The molecule has 0 heterocycles. The van der Waals surface area contributed by atoms with Gasteiger partial charge in [-0.15, -0.1) is 0 Å². The van der Waals surface area contributed by atoms with Gasteiger partial charge in [-0.3, -0.25) is 4.79 Å². The van der Waals surface area contributed by atoms with E-state index < -0.39 is 0 Å². The predicted octanol–water partition coefficient (Wildman–Crippen LogP) is 4.56. The van der Waals surface area contributed by atoms with Crippen LogP contribution in [0.5, 0.6) is 0 Å².